The maximum atomic E-state index is 12.6. The largest absolute Gasteiger partial charge is 0.465 e. The number of esters is 2. The van der Waals surface area contributed by atoms with Crippen molar-refractivity contribution in [2.45, 2.75) is 0 Å². The average molecular weight is 432 g/mol. The number of amides is 2. The highest BCUT2D eigenvalue weighted by atomic mass is 16.5. The van der Waals surface area contributed by atoms with Gasteiger partial charge in [-0.3, -0.25) is 9.59 Å². The van der Waals surface area contributed by atoms with Crippen molar-refractivity contribution in [2.75, 3.05) is 24.9 Å². The summed E-state index contributed by atoms with van der Waals surface area (Å²) >= 11 is 0. The van der Waals surface area contributed by atoms with E-state index in [1.165, 1.54) is 26.4 Å². The van der Waals surface area contributed by atoms with E-state index in [-0.39, 0.29) is 22.3 Å². The lowest BCUT2D eigenvalue weighted by molar-refractivity contribution is 0.0591. The molecule has 0 saturated carbocycles. The Morgan fingerprint density at radius 2 is 0.938 bits per heavy atom. The smallest absolute Gasteiger partial charge is 0.337 e. The maximum absolute atomic E-state index is 12.6. The molecule has 2 amide bonds. The number of rotatable bonds is 6. The van der Waals surface area contributed by atoms with Crippen molar-refractivity contribution in [1.82, 2.24) is 0 Å². The molecular weight excluding hydrogens is 412 g/mol. The van der Waals surface area contributed by atoms with Gasteiger partial charge in [-0.25, -0.2) is 9.59 Å². The first-order valence-electron chi connectivity index (χ1n) is 9.51. The second-order valence-corrected chi connectivity index (χ2v) is 6.63. The summed E-state index contributed by atoms with van der Waals surface area (Å²) in [6, 6.07) is 18.9. The van der Waals surface area contributed by atoms with Crippen LogP contribution in [0.3, 0.4) is 0 Å². The van der Waals surface area contributed by atoms with Crippen LogP contribution in [0.2, 0.25) is 0 Å². The van der Waals surface area contributed by atoms with Gasteiger partial charge >= 0.3 is 11.9 Å². The minimum absolute atomic E-state index is 0.260. The zero-order valence-corrected chi connectivity index (χ0v) is 17.4. The number of benzene rings is 3. The lowest BCUT2D eigenvalue weighted by atomic mass is 10.1. The molecule has 8 nitrogen and oxygen atoms in total. The van der Waals surface area contributed by atoms with Crippen molar-refractivity contribution < 1.29 is 28.7 Å². The van der Waals surface area contributed by atoms with E-state index in [0.717, 1.165) is 0 Å². The number of carbonyl (C=O) groups is 4. The number of methoxy groups -OCH3 is 2. The molecule has 3 rings (SSSR count). The highest BCUT2D eigenvalue weighted by molar-refractivity contribution is 6.07. The summed E-state index contributed by atoms with van der Waals surface area (Å²) in [7, 11) is 2.53. The molecule has 0 aliphatic rings. The fourth-order valence-corrected chi connectivity index (χ4v) is 2.89. The number of ether oxygens (including phenoxy) is 2. The van der Waals surface area contributed by atoms with E-state index < -0.39 is 23.8 Å². The van der Waals surface area contributed by atoms with Crippen LogP contribution < -0.4 is 10.6 Å². The molecule has 162 valence electrons. The van der Waals surface area contributed by atoms with Gasteiger partial charge in [0.2, 0.25) is 0 Å². The van der Waals surface area contributed by atoms with Gasteiger partial charge in [0.1, 0.15) is 0 Å². The monoisotopic (exact) mass is 432 g/mol. The molecule has 3 aromatic rings. The van der Waals surface area contributed by atoms with Crippen molar-refractivity contribution in [3.8, 4) is 0 Å². The third-order valence-corrected chi connectivity index (χ3v) is 4.47. The summed E-state index contributed by atoms with van der Waals surface area (Å²) in [5, 5.41) is 5.45. The number of carbonyl (C=O) groups excluding carboxylic acids is 4. The van der Waals surface area contributed by atoms with Crippen LogP contribution in [-0.4, -0.2) is 38.0 Å². The molecule has 32 heavy (non-hydrogen) atoms. The van der Waals surface area contributed by atoms with Crippen LogP contribution in [0.1, 0.15) is 41.4 Å². The fourth-order valence-electron chi connectivity index (χ4n) is 2.89. The summed E-state index contributed by atoms with van der Waals surface area (Å²) in [4.78, 5) is 48.5. The Morgan fingerprint density at radius 1 is 0.562 bits per heavy atom. The van der Waals surface area contributed by atoms with Gasteiger partial charge in [-0.15, -0.1) is 0 Å². The predicted molar refractivity (Wildman–Crippen MR) is 118 cm³/mol. The van der Waals surface area contributed by atoms with E-state index in [1.54, 1.807) is 60.7 Å². The molecule has 0 saturated heterocycles. The van der Waals surface area contributed by atoms with Gasteiger partial charge in [0, 0.05) is 22.5 Å². The van der Waals surface area contributed by atoms with Crippen LogP contribution in [0, 0.1) is 0 Å². The summed E-state index contributed by atoms with van der Waals surface area (Å²) in [6.07, 6.45) is 0. The zero-order chi connectivity index (χ0) is 23.1. The standard InChI is InChI=1S/C24H20N2O6/c1-31-23(29)17-8-3-6-15(12-17)21(27)25-19-10-5-11-20(14-19)26-22(28)16-7-4-9-18(13-16)24(30)32-2/h3-14H,1-2H3,(H,25,27)(H,26,28). The van der Waals surface area contributed by atoms with E-state index >= 15 is 0 Å². The Labute approximate surface area is 184 Å². The molecular formula is C24H20N2O6. The summed E-state index contributed by atoms with van der Waals surface area (Å²) in [6.45, 7) is 0. The molecule has 3 aromatic carbocycles. The molecule has 0 aliphatic heterocycles. The van der Waals surface area contributed by atoms with Crippen LogP contribution >= 0.6 is 0 Å². The van der Waals surface area contributed by atoms with E-state index in [2.05, 4.69) is 20.1 Å². The third-order valence-electron chi connectivity index (χ3n) is 4.47. The summed E-state index contributed by atoms with van der Waals surface area (Å²) < 4.78 is 9.34. The van der Waals surface area contributed by atoms with Gasteiger partial charge < -0.3 is 20.1 Å². The minimum Gasteiger partial charge on any atom is -0.465 e. The third kappa shape index (κ3) is 5.37. The molecule has 0 aromatic heterocycles. The predicted octanol–water partition coefficient (Wildman–Crippen LogP) is 3.76. The lowest BCUT2D eigenvalue weighted by Gasteiger charge is -2.10. The lowest BCUT2D eigenvalue weighted by Crippen LogP contribution is -2.15. The molecule has 0 unspecified atom stereocenters. The van der Waals surface area contributed by atoms with Crippen LogP contribution in [0.15, 0.2) is 72.8 Å². The van der Waals surface area contributed by atoms with E-state index in [9.17, 15) is 19.2 Å². The van der Waals surface area contributed by atoms with Crippen molar-refractivity contribution in [3.05, 3.63) is 95.1 Å². The fraction of sp³-hybridized carbons (Fsp3) is 0.0833. The molecule has 0 spiro atoms. The topological polar surface area (TPSA) is 111 Å². The normalized spacial score (nSPS) is 10.1. The minimum atomic E-state index is -0.541. The number of hydrogen-bond donors (Lipinski definition) is 2. The molecule has 0 bridgehead atoms. The molecule has 0 radical (unpaired) electrons. The van der Waals surface area contributed by atoms with E-state index in [1.807, 2.05) is 0 Å². The molecule has 8 heteroatoms. The first kappa shape index (κ1) is 22.2. The van der Waals surface area contributed by atoms with Crippen molar-refractivity contribution in [3.63, 3.8) is 0 Å². The van der Waals surface area contributed by atoms with Crippen LogP contribution in [0.5, 0.6) is 0 Å². The second kappa shape index (κ2) is 10.0. The van der Waals surface area contributed by atoms with Gasteiger partial charge in [-0.2, -0.15) is 0 Å². The summed E-state index contributed by atoms with van der Waals surface area (Å²) in [5.41, 5.74) is 1.97. The van der Waals surface area contributed by atoms with E-state index in [0.29, 0.717) is 11.4 Å². The Kier molecular flexibility index (Phi) is 6.97. The molecule has 2 N–H and O–H groups in total. The Balaban J connectivity index is 1.72. The number of anilines is 2. The van der Waals surface area contributed by atoms with Crippen molar-refractivity contribution in [1.29, 1.82) is 0 Å². The van der Waals surface area contributed by atoms with Gasteiger partial charge in [0.05, 0.1) is 25.3 Å². The van der Waals surface area contributed by atoms with Gasteiger partial charge in [-0.1, -0.05) is 18.2 Å². The van der Waals surface area contributed by atoms with Crippen LogP contribution in [-0.2, 0) is 9.47 Å². The molecule has 0 aliphatic carbocycles. The number of hydrogen-bond acceptors (Lipinski definition) is 6. The Hall–Kier alpha value is -4.46. The molecule has 0 fully saturated rings. The Morgan fingerprint density at radius 3 is 1.34 bits per heavy atom. The second-order valence-electron chi connectivity index (χ2n) is 6.63. The van der Waals surface area contributed by atoms with Gasteiger partial charge in [-0.05, 0) is 54.6 Å². The van der Waals surface area contributed by atoms with Crippen LogP contribution in [0.25, 0.3) is 0 Å². The van der Waals surface area contributed by atoms with Gasteiger partial charge in [0.25, 0.3) is 11.8 Å². The SMILES string of the molecule is COC(=O)c1cccc(C(=O)Nc2cccc(NC(=O)c3cccc(C(=O)OC)c3)c2)c1. The first-order chi connectivity index (χ1) is 15.4. The quantitative estimate of drug-likeness (QED) is 0.574. The Bertz CT molecular complexity index is 1100. The van der Waals surface area contributed by atoms with Crippen molar-refractivity contribution >= 4 is 35.1 Å². The molecule has 0 atom stereocenters. The highest BCUT2D eigenvalue weighted by Gasteiger charge is 2.13. The van der Waals surface area contributed by atoms with Crippen LogP contribution in [0.4, 0.5) is 11.4 Å². The van der Waals surface area contributed by atoms with Crippen molar-refractivity contribution in [2.24, 2.45) is 0 Å². The molecule has 0 heterocycles. The zero-order valence-electron chi connectivity index (χ0n) is 17.4. The highest BCUT2D eigenvalue weighted by Crippen LogP contribution is 2.18. The first-order valence-corrected chi connectivity index (χ1v) is 9.51. The number of nitrogens with one attached hydrogen (secondary N) is 2. The van der Waals surface area contributed by atoms with E-state index in [4.69, 9.17) is 0 Å². The average Bonchev–Trinajstić information content (AvgIpc) is 2.83. The van der Waals surface area contributed by atoms with Gasteiger partial charge in [0.15, 0.2) is 0 Å². The summed E-state index contributed by atoms with van der Waals surface area (Å²) in [5.74, 6) is -1.93. The maximum Gasteiger partial charge on any atom is 0.337 e.